The second-order valence-electron chi connectivity index (χ2n) is 6.71. The average Bonchev–Trinajstić information content (AvgIpc) is 3.12. The van der Waals surface area contributed by atoms with Gasteiger partial charge in [-0.1, -0.05) is 11.8 Å². The molecular weight excluding hydrogens is 432 g/mol. The van der Waals surface area contributed by atoms with E-state index in [-0.39, 0.29) is 21.6 Å². The van der Waals surface area contributed by atoms with Crippen LogP contribution in [0, 0.1) is 0 Å². The molecule has 4 rings (SSSR count). The smallest absolute Gasteiger partial charge is 0.357 e. The lowest BCUT2D eigenvalue weighted by atomic mass is 10.1. The molecule has 1 aliphatic rings. The Balaban J connectivity index is 2.12. The highest BCUT2D eigenvalue weighted by molar-refractivity contribution is 8.10. The predicted octanol–water partition coefficient (Wildman–Crippen LogP) is 0.885. The summed E-state index contributed by atoms with van der Waals surface area (Å²) in [5, 5.41) is -0.290. The second kappa shape index (κ2) is 8.67. The number of aromatic nitrogens is 3. The van der Waals surface area contributed by atoms with Gasteiger partial charge in [0.05, 0.1) is 25.3 Å². The van der Waals surface area contributed by atoms with Gasteiger partial charge in [-0.05, 0) is 41.5 Å². The number of nitrogen functional groups attached to an aromatic ring is 1. The number of hydrogen-bond donors (Lipinski definition) is 1. The molecule has 3 aromatic rings. The molecule has 0 fully saturated rings. The highest BCUT2D eigenvalue weighted by Gasteiger charge is 2.38. The van der Waals surface area contributed by atoms with E-state index in [1.54, 1.807) is 55.1 Å². The Labute approximate surface area is 186 Å². The van der Waals surface area contributed by atoms with Crippen molar-refractivity contribution in [3.63, 3.8) is 0 Å². The Morgan fingerprint density at radius 3 is 2.22 bits per heavy atom. The first-order chi connectivity index (χ1) is 15.5. The fraction of sp³-hybridized carbons (Fsp3) is 0.136. The van der Waals surface area contributed by atoms with E-state index in [2.05, 4.69) is 9.97 Å². The molecule has 0 aliphatic carbocycles. The fourth-order valence-corrected chi connectivity index (χ4v) is 4.68. The number of anilines is 1. The van der Waals surface area contributed by atoms with Crippen LogP contribution in [-0.2, 0) is 14.3 Å². The van der Waals surface area contributed by atoms with E-state index in [1.165, 1.54) is 14.2 Å². The summed E-state index contributed by atoms with van der Waals surface area (Å²) in [4.78, 5) is 47.2. The molecule has 3 aromatic heterocycles. The maximum Gasteiger partial charge on any atom is 0.357 e. The van der Waals surface area contributed by atoms with E-state index in [4.69, 9.17) is 15.2 Å². The van der Waals surface area contributed by atoms with Crippen molar-refractivity contribution in [3.8, 4) is 0 Å². The summed E-state index contributed by atoms with van der Waals surface area (Å²) in [5.41, 5.74) is 7.56. The minimum absolute atomic E-state index is 0.0226. The summed E-state index contributed by atoms with van der Waals surface area (Å²) in [6, 6.07) is 6.81. The van der Waals surface area contributed by atoms with Crippen LogP contribution in [0.25, 0.3) is 11.0 Å². The number of esters is 2. The Hall–Kier alpha value is -3.92. The van der Waals surface area contributed by atoms with E-state index in [0.717, 1.165) is 21.9 Å². The number of carbonyl (C=O) groups is 3. The third-order valence-corrected chi connectivity index (χ3v) is 6.22. The molecule has 2 N–H and O–H groups in total. The molecule has 0 amide bonds. The van der Waals surface area contributed by atoms with Crippen molar-refractivity contribution >= 4 is 46.3 Å². The van der Waals surface area contributed by atoms with Gasteiger partial charge in [-0.3, -0.25) is 19.3 Å². The lowest BCUT2D eigenvalue weighted by Crippen LogP contribution is -2.42. The normalized spacial score (nSPS) is 15.9. The van der Waals surface area contributed by atoms with Crippen LogP contribution in [0.2, 0.25) is 0 Å². The van der Waals surface area contributed by atoms with Crippen molar-refractivity contribution in [3.05, 3.63) is 76.4 Å². The summed E-state index contributed by atoms with van der Waals surface area (Å²) in [6.07, 6.45) is 7.96. The summed E-state index contributed by atoms with van der Waals surface area (Å²) in [6.45, 7) is 0. The monoisotopic (exact) mass is 450 g/mol. The van der Waals surface area contributed by atoms with Gasteiger partial charge in [0.1, 0.15) is 10.2 Å². The predicted molar refractivity (Wildman–Crippen MR) is 118 cm³/mol. The first kappa shape index (κ1) is 21.3. The summed E-state index contributed by atoms with van der Waals surface area (Å²) in [7, 11) is 2.44. The van der Waals surface area contributed by atoms with Gasteiger partial charge in [-0.2, -0.15) is 0 Å². The first-order valence-electron chi connectivity index (χ1n) is 9.41. The van der Waals surface area contributed by atoms with Crippen molar-refractivity contribution in [1.29, 1.82) is 0 Å². The van der Waals surface area contributed by atoms with Gasteiger partial charge in [-0.15, -0.1) is 0 Å². The first-order valence-corrected chi connectivity index (χ1v) is 10.3. The molecule has 9 nitrogen and oxygen atoms in total. The molecule has 0 radical (unpaired) electrons. The maximum absolute atomic E-state index is 13.6. The molecular formula is C22H18N4O5S. The third-order valence-electron chi connectivity index (χ3n) is 4.92. The molecule has 1 atom stereocenters. The zero-order valence-electron chi connectivity index (χ0n) is 17.1. The van der Waals surface area contributed by atoms with Crippen molar-refractivity contribution < 1.29 is 23.9 Å². The Morgan fingerprint density at radius 2 is 1.62 bits per heavy atom. The minimum Gasteiger partial charge on any atom is -0.465 e. The Kier molecular flexibility index (Phi) is 5.78. The largest absolute Gasteiger partial charge is 0.465 e. The fourth-order valence-electron chi connectivity index (χ4n) is 3.45. The van der Waals surface area contributed by atoms with Gasteiger partial charge in [-0.25, -0.2) is 9.59 Å². The highest BCUT2D eigenvalue weighted by Crippen LogP contribution is 2.39. The van der Waals surface area contributed by atoms with Crippen LogP contribution >= 0.6 is 11.8 Å². The molecule has 10 heteroatoms. The van der Waals surface area contributed by atoms with Crippen LogP contribution in [-0.4, -0.2) is 46.6 Å². The number of carbonyl (C=O) groups excluding carboxylic acids is 3. The van der Waals surface area contributed by atoms with Gasteiger partial charge in [0, 0.05) is 30.0 Å². The van der Waals surface area contributed by atoms with E-state index in [9.17, 15) is 14.4 Å². The minimum atomic E-state index is -0.816. The number of rotatable bonds is 4. The van der Waals surface area contributed by atoms with E-state index >= 15 is 0 Å². The molecule has 0 spiro atoms. The molecule has 4 heterocycles. The molecule has 1 aliphatic heterocycles. The Bertz CT molecular complexity index is 1340. The number of methoxy groups -OCH3 is 2. The standard InChI is InChI=1S/C22H18N4O5S/c1-30-21(28)17-15(23)14(11-12-3-7-24-8-4-12)16-19(22(29)31-2)32-18(20(27)26(16)17)13-5-9-25-10-6-13/h3-11,18H,23H2,1-2H3/b14-11+/t18-/m1/s1. The van der Waals surface area contributed by atoms with Crippen molar-refractivity contribution in [1.82, 2.24) is 14.5 Å². The maximum atomic E-state index is 13.6. The van der Waals surface area contributed by atoms with Crippen LogP contribution in [0.1, 0.15) is 31.7 Å². The average molecular weight is 450 g/mol. The molecule has 0 saturated heterocycles. The van der Waals surface area contributed by atoms with E-state index in [1.807, 2.05) is 0 Å². The Morgan fingerprint density at radius 1 is 1.03 bits per heavy atom. The molecule has 0 aromatic carbocycles. The van der Waals surface area contributed by atoms with Gasteiger partial charge in [0.2, 0.25) is 5.91 Å². The zero-order valence-corrected chi connectivity index (χ0v) is 18.0. The van der Waals surface area contributed by atoms with Gasteiger partial charge >= 0.3 is 11.9 Å². The van der Waals surface area contributed by atoms with E-state index in [0.29, 0.717) is 10.8 Å². The highest BCUT2D eigenvalue weighted by atomic mass is 32.2. The number of hydrogen-bond acceptors (Lipinski definition) is 9. The number of pyridine rings is 2. The van der Waals surface area contributed by atoms with Crippen LogP contribution in [0.15, 0.2) is 49.1 Å². The van der Waals surface area contributed by atoms with E-state index < -0.39 is 23.1 Å². The number of thioether (sulfide) groups is 1. The van der Waals surface area contributed by atoms with Crippen LogP contribution in [0.5, 0.6) is 0 Å². The second-order valence-corrected chi connectivity index (χ2v) is 7.83. The quantitative estimate of drug-likeness (QED) is 0.577. The van der Waals surface area contributed by atoms with Crippen LogP contribution in [0.4, 0.5) is 5.69 Å². The van der Waals surface area contributed by atoms with Crippen molar-refractivity contribution in [2.75, 3.05) is 20.0 Å². The summed E-state index contributed by atoms with van der Waals surface area (Å²) in [5.74, 6) is -1.89. The van der Waals surface area contributed by atoms with Gasteiger partial charge in [0.15, 0.2) is 5.69 Å². The van der Waals surface area contributed by atoms with Gasteiger partial charge < -0.3 is 15.2 Å². The molecule has 162 valence electrons. The van der Waals surface area contributed by atoms with Gasteiger partial charge in [0.25, 0.3) is 0 Å². The molecule has 32 heavy (non-hydrogen) atoms. The molecule has 0 bridgehead atoms. The lowest BCUT2D eigenvalue weighted by molar-refractivity contribution is -0.133. The number of fused-ring (bicyclic) bond motifs is 1. The summed E-state index contributed by atoms with van der Waals surface area (Å²) < 4.78 is 11.0. The van der Waals surface area contributed by atoms with Crippen molar-refractivity contribution in [2.45, 2.75) is 5.25 Å². The third kappa shape index (κ3) is 3.54. The zero-order chi connectivity index (χ0) is 22.8. The SMILES string of the molecule is COC(=O)C1=c2/c(=C/c3ccncc3)c(N)c(C(=O)OC)n2C(=O)[C@@H](c2ccncc2)S1. The molecule has 0 saturated carbocycles. The summed E-state index contributed by atoms with van der Waals surface area (Å²) >= 11 is 1.04. The number of nitrogens with two attached hydrogens (primary N) is 1. The van der Waals surface area contributed by atoms with Crippen LogP contribution < -0.4 is 16.3 Å². The van der Waals surface area contributed by atoms with Crippen molar-refractivity contribution in [2.24, 2.45) is 0 Å². The number of ether oxygens (including phenoxy) is 2. The molecule has 0 unspecified atom stereocenters. The number of nitrogens with zero attached hydrogens (tertiary/aromatic N) is 3. The topological polar surface area (TPSA) is 126 Å². The lowest BCUT2D eigenvalue weighted by Gasteiger charge is -2.23. The van der Waals surface area contributed by atoms with Crippen LogP contribution in [0.3, 0.4) is 0 Å².